The summed E-state index contributed by atoms with van der Waals surface area (Å²) in [7, 11) is 0. The number of hydrogen-bond donors (Lipinski definition) is 3. The molecule has 2 atom stereocenters. The van der Waals surface area contributed by atoms with Crippen LogP contribution in [0.5, 0.6) is 0 Å². The number of aliphatic hydroxyl groups is 2. The van der Waals surface area contributed by atoms with Crippen molar-refractivity contribution in [3.05, 3.63) is 48.6 Å². The average Bonchev–Trinajstić information content (AvgIpc) is 3.49. The fourth-order valence-electron chi connectivity index (χ4n) is 11.6. The zero-order chi connectivity index (χ0) is 59.9. The number of unbranched alkanes of at least 4 members (excludes halogenated alkanes) is 53. The first-order valence-electron chi connectivity index (χ1n) is 37.4. The molecule has 6 nitrogen and oxygen atoms in total. The van der Waals surface area contributed by atoms with Crippen LogP contribution in [0.15, 0.2) is 48.6 Å². The largest absolute Gasteiger partial charge is 0.466 e. The van der Waals surface area contributed by atoms with Gasteiger partial charge in [-0.15, -0.1) is 0 Å². The molecule has 0 radical (unpaired) electrons. The smallest absolute Gasteiger partial charge is 0.305 e. The molecule has 0 heterocycles. The molecule has 83 heavy (non-hydrogen) atoms. The van der Waals surface area contributed by atoms with Crippen LogP contribution in [-0.2, 0) is 14.3 Å². The third-order valence-corrected chi connectivity index (χ3v) is 17.3. The standard InChI is InChI=1S/C77H145NO5/c1-3-5-7-9-11-13-15-17-19-21-23-34-37-41-45-49-53-57-61-65-69-75(80)74(73-79)78-76(81)70-66-62-58-54-50-46-42-38-35-31-29-27-25-24-26-28-30-32-36-40-44-48-52-56-60-64-68-72-83-77(82)71-67-63-59-55-51-47-43-39-33-22-20-18-16-14-12-10-8-6-4-2/h12,14,18,20,24-25,65,69,74-75,79-80H,3-11,13,15-17,19,21-23,26-64,66-68,70-73H2,1-2H3,(H,78,81)/b14-12-,20-18-,25-24-,69-65+. The van der Waals surface area contributed by atoms with Gasteiger partial charge in [-0.1, -0.05) is 351 Å². The minimum atomic E-state index is -0.847. The third-order valence-electron chi connectivity index (χ3n) is 17.3. The Morgan fingerprint density at radius 1 is 0.337 bits per heavy atom. The van der Waals surface area contributed by atoms with Gasteiger partial charge >= 0.3 is 5.97 Å². The second-order valence-electron chi connectivity index (χ2n) is 25.6. The van der Waals surface area contributed by atoms with Gasteiger partial charge in [0, 0.05) is 12.8 Å². The normalized spacial score (nSPS) is 12.8. The monoisotopic (exact) mass is 1160 g/mol. The molecular formula is C77H145NO5. The zero-order valence-electron chi connectivity index (χ0n) is 55.9. The van der Waals surface area contributed by atoms with Gasteiger partial charge in [-0.25, -0.2) is 0 Å². The molecule has 0 saturated carbocycles. The van der Waals surface area contributed by atoms with Gasteiger partial charge in [0.05, 0.1) is 25.4 Å². The molecular weight excluding hydrogens is 1020 g/mol. The van der Waals surface area contributed by atoms with Gasteiger partial charge in [0.2, 0.25) is 5.91 Å². The Hall–Kier alpha value is -2.18. The van der Waals surface area contributed by atoms with E-state index >= 15 is 0 Å². The van der Waals surface area contributed by atoms with E-state index in [9.17, 15) is 19.8 Å². The number of aliphatic hydroxyl groups excluding tert-OH is 2. The van der Waals surface area contributed by atoms with Gasteiger partial charge < -0.3 is 20.3 Å². The average molecular weight is 1170 g/mol. The predicted octanol–water partition coefficient (Wildman–Crippen LogP) is 24.4. The van der Waals surface area contributed by atoms with Gasteiger partial charge in [-0.05, 0) is 89.9 Å². The highest BCUT2D eigenvalue weighted by atomic mass is 16.5. The highest BCUT2D eigenvalue weighted by Crippen LogP contribution is 2.19. The molecule has 488 valence electrons. The van der Waals surface area contributed by atoms with Crippen LogP contribution in [-0.4, -0.2) is 47.4 Å². The van der Waals surface area contributed by atoms with Crippen molar-refractivity contribution in [2.24, 2.45) is 0 Å². The predicted molar refractivity (Wildman–Crippen MR) is 366 cm³/mol. The van der Waals surface area contributed by atoms with Crippen molar-refractivity contribution in [3.8, 4) is 0 Å². The first kappa shape index (κ1) is 80.8. The Balaban J connectivity index is 3.40. The molecule has 2 unspecified atom stereocenters. The Morgan fingerprint density at radius 3 is 0.952 bits per heavy atom. The van der Waals surface area contributed by atoms with Gasteiger partial charge in [-0.2, -0.15) is 0 Å². The summed E-state index contributed by atoms with van der Waals surface area (Å²) in [6, 6.07) is -0.630. The van der Waals surface area contributed by atoms with E-state index in [1.165, 1.54) is 327 Å². The van der Waals surface area contributed by atoms with Crippen LogP contribution >= 0.6 is 0 Å². The maximum atomic E-state index is 12.5. The first-order chi connectivity index (χ1) is 41.0. The lowest BCUT2D eigenvalue weighted by Crippen LogP contribution is -2.45. The Bertz CT molecular complexity index is 1390. The zero-order valence-corrected chi connectivity index (χ0v) is 55.9. The number of carbonyl (C=O) groups is 2. The summed E-state index contributed by atoms with van der Waals surface area (Å²) >= 11 is 0. The molecule has 0 fully saturated rings. The Kier molecular flexibility index (Phi) is 70.4. The molecule has 0 rings (SSSR count). The maximum absolute atomic E-state index is 12.5. The number of hydrogen-bond acceptors (Lipinski definition) is 5. The number of nitrogens with one attached hydrogen (secondary N) is 1. The fraction of sp³-hybridized carbons (Fsp3) is 0.870. The molecule has 0 bridgehead atoms. The molecule has 1 amide bonds. The van der Waals surface area contributed by atoms with Gasteiger partial charge in [0.1, 0.15) is 0 Å². The van der Waals surface area contributed by atoms with E-state index in [-0.39, 0.29) is 18.5 Å². The summed E-state index contributed by atoms with van der Waals surface area (Å²) in [6.07, 6.45) is 94.9. The lowest BCUT2D eigenvalue weighted by Gasteiger charge is -2.20. The number of carbonyl (C=O) groups excluding carboxylic acids is 2. The highest BCUT2D eigenvalue weighted by Gasteiger charge is 2.18. The van der Waals surface area contributed by atoms with Gasteiger partial charge in [-0.3, -0.25) is 9.59 Å². The quantitative estimate of drug-likeness (QED) is 0.0320. The van der Waals surface area contributed by atoms with E-state index in [2.05, 4.69) is 55.6 Å². The summed E-state index contributed by atoms with van der Waals surface area (Å²) < 4.78 is 5.51. The van der Waals surface area contributed by atoms with Gasteiger partial charge in [0.15, 0.2) is 0 Å². The molecule has 0 aliphatic rings. The van der Waals surface area contributed by atoms with Crippen LogP contribution in [0.4, 0.5) is 0 Å². The number of ether oxygens (including phenoxy) is 1. The number of allylic oxidation sites excluding steroid dienone is 7. The van der Waals surface area contributed by atoms with Crippen LogP contribution in [0.25, 0.3) is 0 Å². The second kappa shape index (κ2) is 72.3. The van der Waals surface area contributed by atoms with E-state index in [0.717, 1.165) is 51.4 Å². The summed E-state index contributed by atoms with van der Waals surface area (Å²) in [5.74, 6) is -0.0541. The molecule has 0 aliphatic carbocycles. The van der Waals surface area contributed by atoms with Crippen LogP contribution in [0, 0.1) is 0 Å². The van der Waals surface area contributed by atoms with Crippen LogP contribution in [0.1, 0.15) is 406 Å². The SMILES string of the molecule is CCCCC/C=C\C/C=C\CCCCCCCCCCCC(=O)OCCCCCCCCCCCCCC/C=C\CCCCCCCCCCCCCC(=O)NC(CO)C(O)/C=C/CCCCCCCCCCCCCCCCCCCC. The minimum Gasteiger partial charge on any atom is -0.466 e. The highest BCUT2D eigenvalue weighted by molar-refractivity contribution is 5.76. The molecule has 0 saturated heterocycles. The summed E-state index contributed by atoms with van der Waals surface area (Å²) in [5.41, 5.74) is 0. The first-order valence-corrected chi connectivity index (χ1v) is 37.4. The van der Waals surface area contributed by atoms with E-state index in [0.29, 0.717) is 19.4 Å². The molecule has 0 aromatic rings. The van der Waals surface area contributed by atoms with Crippen molar-refractivity contribution in [2.75, 3.05) is 13.2 Å². The van der Waals surface area contributed by atoms with E-state index in [1.807, 2.05) is 6.08 Å². The summed E-state index contributed by atoms with van der Waals surface area (Å²) in [5, 5.41) is 23.3. The van der Waals surface area contributed by atoms with E-state index in [1.54, 1.807) is 6.08 Å². The van der Waals surface area contributed by atoms with Crippen molar-refractivity contribution < 1.29 is 24.5 Å². The fourth-order valence-corrected chi connectivity index (χ4v) is 11.6. The lowest BCUT2D eigenvalue weighted by molar-refractivity contribution is -0.143. The summed E-state index contributed by atoms with van der Waals surface area (Å²) in [6.45, 7) is 4.91. The molecule has 0 aliphatic heterocycles. The van der Waals surface area contributed by atoms with Crippen LogP contribution in [0.2, 0.25) is 0 Å². The van der Waals surface area contributed by atoms with Crippen LogP contribution in [0.3, 0.4) is 0 Å². The molecule has 0 aromatic heterocycles. The van der Waals surface area contributed by atoms with Crippen molar-refractivity contribution in [3.63, 3.8) is 0 Å². The van der Waals surface area contributed by atoms with Crippen molar-refractivity contribution in [1.82, 2.24) is 5.32 Å². The Labute approximate surface area is 518 Å². The molecule has 6 heteroatoms. The number of amides is 1. The minimum absolute atomic E-state index is 0.0114. The maximum Gasteiger partial charge on any atom is 0.305 e. The van der Waals surface area contributed by atoms with Crippen molar-refractivity contribution in [1.29, 1.82) is 0 Å². The molecule has 0 aromatic carbocycles. The lowest BCUT2D eigenvalue weighted by atomic mass is 10.0. The van der Waals surface area contributed by atoms with E-state index in [4.69, 9.17) is 4.74 Å². The second-order valence-corrected chi connectivity index (χ2v) is 25.6. The van der Waals surface area contributed by atoms with Crippen molar-refractivity contribution >= 4 is 11.9 Å². The number of esters is 1. The molecule has 3 N–H and O–H groups in total. The molecule has 0 spiro atoms. The van der Waals surface area contributed by atoms with Crippen molar-refractivity contribution in [2.45, 2.75) is 418 Å². The van der Waals surface area contributed by atoms with Gasteiger partial charge in [0.25, 0.3) is 0 Å². The Morgan fingerprint density at radius 2 is 0.602 bits per heavy atom. The topological polar surface area (TPSA) is 95.9 Å². The van der Waals surface area contributed by atoms with E-state index < -0.39 is 12.1 Å². The van der Waals surface area contributed by atoms with Crippen LogP contribution < -0.4 is 5.32 Å². The number of rotatable bonds is 70. The summed E-state index contributed by atoms with van der Waals surface area (Å²) in [4.78, 5) is 24.6. The third kappa shape index (κ3) is 68.8.